The monoisotopic (exact) mass is 91.1 g/mol. The van der Waals surface area contributed by atoms with Gasteiger partial charge in [0.1, 0.15) is 0 Å². The molecule has 0 bridgehead atoms. The van der Waals surface area contributed by atoms with E-state index < -0.39 is 0 Å². The molecule has 4 nitrogen and oxygen atoms in total. The van der Waals surface area contributed by atoms with Crippen LogP contribution in [0.25, 0.3) is 0 Å². The molecule has 40 valence electrons. The van der Waals surface area contributed by atoms with E-state index in [9.17, 15) is 0 Å². The minimum Gasteiger partial charge on any atom is -0.412 e. The Morgan fingerprint density at radius 3 is 0.600 bits per heavy atom. The van der Waals surface area contributed by atoms with E-state index in [0.717, 1.165) is 0 Å². The molecular formula is H10FNO3. The summed E-state index contributed by atoms with van der Waals surface area (Å²) in [7, 11) is 0. The summed E-state index contributed by atoms with van der Waals surface area (Å²) in [6.45, 7) is 0. The fourth-order valence-electron chi connectivity index (χ4n) is 0. The highest BCUT2D eigenvalue weighted by molar-refractivity contribution is 2.13. The van der Waals surface area contributed by atoms with Crippen LogP contribution in [0.2, 0.25) is 0 Å². The van der Waals surface area contributed by atoms with Gasteiger partial charge in [-0.1, -0.05) is 0 Å². The number of hydrogen-bond acceptors (Lipinski definition) is 1. The largest absolute Gasteiger partial charge is 0.412 e. The van der Waals surface area contributed by atoms with Crippen molar-refractivity contribution in [1.29, 1.82) is 0 Å². The van der Waals surface area contributed by atoms with Gasteiger partial charge in [-0.15, -0.1) is 0 Å². The molecule has 0 spiro atoms. The van der Waals surface area contributed by atoms with Crippen molar-refractivity contribution in [2.45, 2.75) is 0 Å². The van der Waals surface area contributed by atoms with Gasteiger partial charge in [-0.25, -0.2) is 0 Å². The molecule has 5 heavy (non-hydrogen) atoms. The van der Waals surface area contributed by atoms with Crippen molar-refractivity contribution in [2.75, 3.05) is 0 Å². The van der Waals surface area contributed by atoms with Crippen LogP contribution in [0, 0.1) is 0 Å². The Balaban J connectivity index is 0. The molecule has 0 aliphatic heterocycles. The summed E-state index contributed by atoms with van der Waals surface area (Å²) in [5.74, 6) is 0. The highest BCUT2D eigenvalue weighted by atomic mass is 19.0. The Morgan fingerprint density at radius 1 is 0.600 bits per heavy atom. The maximum absolute atomic E-state index is 0. The summed E-state index contributed by atoms with van der Waals surface area (Å²) in [6.07, 6.45) is 0. The second-order valence-corrected chi connectivity index (χ2v) is 0. The van der Waals surface area contributed by atoms with Crippen LogP contribution in [0.15, 0.2) is 0 Å². The molecule has 0 aliphatic rings. The van der Waals surface area contributed by atoms with Crippen molar-refractivity contribution >= 4 is 0 Å². The lowest BCUT2D eigenvalue weighted by Gasteiger charge is -0.413. The first-order chi connectivity index (χ1) is 0. The van der Waals surface area contributed by atoms with E-state index in [-0.39, 0.29) is 27.3 Å². The zero-order chi connectivity index (χ0) is 0. The average Bonchev–Trinajstić information content (AvgIpc) is 0. The zero-order valence-electron chi connectivity index (χ0n) is 2.62. The van der Waals surface area contributed by atoms with Gasteiger partial charge in [0, 0.05) is 0 Å². The lowest BCUT2D eigenvalue weighted by molar-refractivity contribution is 0.823. The summed E-state index contributed by atoms with van der Waals surface area (Å²) in [5.41, 5.74) is 0. The van der Waals surface area contributed by atoms with Crippen LogP contribution in [0.4, 0.5) is 4.70 Å². The highest BCUT2D eigenvalue weighted by Gasteiger charge is -0.269. The summed E-state index contributed by atoms with van der Waals surface area (Å²) in [4.78, 5) is 0. The van der Waals surface area contributed by atoms with Gasteiger partial charge in [-0.3, -0.25) is 4.70 Å². The molecule has 0 saturated carbocycles. The second kappa shape index (κ2) is 547. The topological polar surface area (TPSA) is 130 Å². The molecule has 0 amide bonds. The maximum Gasteiger partial charge on any atom is -0.269 e. The molecule has 9 N–H and O–H groups in total. The van der Waals surface area contributed by atoms with E-state index in [2.05, 4.69) is 0 Å². The normalized spacial score (nSPS) is 0. The molecule has 5 heteroatoms. The van der Waals surface area contributed by atoms with Crippen LogP contribution >= 0.6 is 0 Å². The van der Waals surface area contributed by atoms with E-state index in [4.69, 9.17) is 0 Å². The Labute approximate surface area is 28.7 Å². The summed E-state index contributed by atoms with van der Waals surface area (Å²) in [5, 5.41) is 0. The van der Waals surface area contributed by atoms with E-state index in [1.165, 1.54) is 0 Å². The average molecular weight is 91.1 g/mol. The van der Waals surface area contributed by atoms with Crippen LogP contribution in [0.3, 0.4) is 0 Å². The fraction of sp³-hybridized carbons (Fsp3) is 0. The van der Waals surface area contributed by atoms with Crippen molar-refractivity contribution in [3.8, 4) is 0 Å². The molecule has 0 rings (SSSR count). The second-order valence-electron chi connectivity index (χ2n) is 0. The number of halogens is 1. The Hall–Kier alpha value is -0.230. The summed E-state index contributed by atoms with van der Waals surface area (Å²) in [6, 6.07) is 0. The molecule has 0 unspecified atom stereocenters. The lowest BCUT2D eigenvalue weighted by atomic mass is 14.0. The first-order valence-electron chi connectivity index (χ1n) is 0. The first-order valence-corrected chi connectivity index (χ1v) is 0. The molecule has 0 radical (unpaired) electrons. The van der Waals surface area contributed by atoms with Crippen molar-refractivity contribution in [2.24, 2.45) is 0 Å². The van der Waals surface area contributed by atoms with E-state index >= 15 is 0 Å². The van der Waals surface area contributed by atoms with Gasteiger partial charge in [0.15, 0.2) is 0 Å². The summed E-state index contributed by atoms with van der Waals surface area (Å²) < 4.78 is 0. The molecule has 0 aromatic rings. The minimum atomic E-state index is 0. The van der Waals surface area contributed by atoms with Crippen molar-refractivity contribution in [3.63, 3.8) is 0 Å². The maximum atomic E-state index is 0. The third-order valence-corrected chi connectivity index (χ3v) is 0. The van der Waals surface area contributed by atoms with Crippen LogP contribution in [0.5, 0.6) is 0 Å². The molecule has 0 aromatic carbocycles. The van der Waals surface area contributed by atoms with Gasteiger partial charge >= 0.3 is 0 Å². The minimum absolute atomic E-state index is 0. The van der Waals surface area contributed by atoms with Gasteiger partial charge in [0.2, 0.25) is 0 Å². The molecule has 0 fully saturated rings. The van der Waals surface area contributed by atoms with Crippen molar-refractivity contribution < 1.29 is 21.1 Å². The molecule has 0 saturated heterocycles. The van der Waals surface area contributed by atoms with Crippen LogP contribution < -0.4 is 6.15 Å². The molecule has 0 aromatic heterocycles. The van der Waals surface area contributed by atoms with Gasteiger partial charge in [-0.05, 0) is 0 Å². The van der Waals surface area contributed by atoms with Gasteiger partial charge in [0.05, 0.1) is 0 Å². The fourth-order valence-corrected chi connectivity index (χ4v) is 0. The summed E-state index contributed by atoms with van der Waals surface area (Å²) >= 11 is 0. The first kappa shape index (κ1) is 1280. The molecule has 0 atom stereocenters. The van der Waals surface area contributed by atoms with Crippen LogP contribution in [-0.2, 0) is 0 Å². The van der Waals surface area contributed by atoms with Gasteiger partial charge < -0.3 is 22.6 Å². The van der Waals surface area contributed by atoms with Crippen molar-refractivity contribution in [3.05, 3.63) is 0 Å². The predicted octanol–water partition coefficient (Wildman–Crippen LogP) is -2.16. The van der Waals surface area contributed by atoms with Gasteiger partial charge in [0.25, 0.3) is 0 Å². The van der Waals surface area contributed by atoms with E-state index in [0.29, 0.717) is 0 Å². The zero-order valence-corrected chi connectivity index (χ0v) is 2.62. The van der Waals surface area contributed by atoms with E-state index in [1.807, 2.05) is 0 Å². The van der Waals surface area contributed by atoms with Gasteiger partial charge in [-0.2, -0.15) is 0 Å². The lowest BCUT2D eigenvalue weighted by Crippen LogP contribution is -0.481. The third kappa shape index (κ3) is 223. The predicted molar refractivity (Wildman–Crippen MR) is 18.4 cm³/mol. The molecular weight excluding hydrogens is 81.0 g/mol. The number of hydrogen-bond donors (Lipinski definition) is 1. The smallest absolute Gasteiger partial charge is 0.269 e. The van der Waals surface area contributed by atoms with Crippen LogP contribution in [0.1, 0.15) is 0 Å². The van der Waals surface area contributed by atoms with Crippen LogP contribution in [-0.4, -0.2) is 16.4 Å². The standard InChI is InChI=1S/FH.H3N.3H2O/h1H;1H3;3*1H2. The molecule has 0 aliphatic carbocycles. The third-order valence-electron chi connectivity index (χ3n) is 0. The Kier molecular flexibility index (Phi) is 140000. The molecule has 0 heterocycles. The SMILES string of the molecule is F.N.O.O.O. The Bertz CT molecular complexity index is 6.85. The quantitative estimate of drug-likeness (QED) is 0.357. The van der Waals surface area contributed by atoms with Crippen molar-refractivity contribution in [1.82, 2.24) is 6.15 Å². The Morgan fingerprint density at radius 2 is 0.600 bits per heavy atom. The van der Waals surface area contributed by atoms with E-state index in [1.54, 1.807) is 0 Å². The number of rotatable bonds is 0. The highest BCUT2D eigenvalue weighted by Crippen LogP contribution is 0.420.